The van der Waals surface area contributed by atoms with Crippen LogP contribution in [-0.4, -0.2) is 53.5 Å². The van der Waals surface area contributed by atoms with Gasteiger partial charge in [0.25, 0.3) is 0 Å². The summed E-state index contributed by atoms with van der Waals surface area (Å²) in [6, 6.07) is 0.00900. The Bertz CT molecular complexity index is 263. The van der Waals surface area contributed by atoms with Crippen LogP contribution in [0, 0.1) is 0 Å². The van der Waals surface area contributed by atoms with Gasteiger partial charge in [-0.15, -0.1) is 0 Å². The minimum Gasteiger partial charge on any atom is -0.341 e. The van der Waals surface area contributed by atoms with Gasteiger partial charge in [-0.3, -0.25) is 9.69 Å². The zero-order valence-corrected chi connectivity index (χ0v) is 10.4. The van der Waals surface area contributed by atoms with Gasteiger partial charge in [-0.1, -0.05) is 0 Å². The molecule has 92 valence electrons. The summed E-state index contributed by atoms with van der Waals surface area (Å²) in [7, 11) is 0. The molecule has 2 aliphatic heterocycles. The van der Waals surface area contributed by atoms with Crippen LogP contribution in [0.15, 0.2) is 0 Å². The van der Waals surface area contributed by atoms with Crippen LogP contribution in [0.5, 0.6) is 0 Å². The molecule has 2 saturated heterocycles. The number of nitrogens with two attached hydrogens (primary N) is 1. The van der Waals surface area contributed by atoms with E-state index in [9.17, 15) is 4.79 Å². The maximum atomic E-state index is 12.2. The van der Waals surface area contributed by atoms with Gasteiger partial charge in [0.1, 0.15) is 0 Å². The fourth-order valence-electron chi connectivity index (χ4n) is 2.69. The minimum atomic E-state index is -0.0869. The first kappa shape index (κ1) is 11.9. The standard InChI is InChI=1S/C12H23N3O/c1-10(15-8-12(2,13)9-15)11(16)14-6-4-3-5-7-14/h10H,3-9,13H2,1-2H3. The molecular weight excluding hydrogens is 202 g/mol. The molecule has 0 aromatic heterocycles. The van der Waals surface area contributed by atoms with Crippen LogP contribution in [0.3, 0.4) is 0 Å². The molecule has 1 atom stereocenters. The molecule has 2 aliphatic rings. The van der Waals surface area contributed by atoms with Gasteiger partial charge in [0, 0.05) is 31.7 Å². The van der Waals surface area contributed by atoms with E-state index in [1.165, 1.54) is 6.42 Å². The lowest BCUT2D eigenvalue weighted by atomic mass is 9.91. The van der Waals surface area contributed by atoms with Gasteiger partial charge in [0.15, 0.2) is 0 Å². The minimum absolute atomic E-state index is 0.00900. The summed E-state index contributed by atoms with van der Waals surface area (Å²) in [5.41, 5.74) is 5.87. The molecule has 0 saturated carbocycles. The Morgan fingerprint density at radius 2 is 1.81 bits per heavy atom. The van der Waals surface area contributed by atoms with E-state index in [1.54, 1.807) is 0 Å². The molecule has 0 aromatic carbocycles. The number of carbonyl (C=O) groups excluding carboxylic acids is 1. The Kier molecular flexibility index (Phi) is 3.22. The summed E-state index contributed by atoms with van der Waals surface area (Å²) in [6.45, 7) is 7.61. The molecule has 1 unspecified atom stereocenters. The lowest BCUT2D eigenvalue weighted by Gasteiger charge is -2.48. The number of likely N-dealkylation sites (tertiary alicyclic amines) is 2. The van der Waals surface area contributed by atoms with Crippen molar-refractivity contribution in [3.8, 4) is 0 Å². The molecular formula is C12H23N3O. The first-order valence-corrected chi connectivity index (χ1v) is 6.31. The van der Waals surface area contributed by atoms with E-state index in [2.05, 4.69) is 4.90 Å². The largest absolute Gasteiger partial charge is 0.341 e. The van der Waals surface area contributed by atoms with Crippen molar-refractivity contribution in [3.05, 3.63) is 0 Å². The molecule has 0 radical (unpaired) electrons. The van der Waals surface area contributed by atoms with Crippen molar-refractivity contribution in [2.75, 3.05) is 26.2 Å². The normalized spacial score (nSPS) is 27.3. The fraction of sp³-hybridized carbons (Fsp3) is 0.917. The van der Waals surface area contributed by atoms with Crippen LogP contribution >= 0.6 is 0 Å². The Labute approximate surface area is 97.8 Å². The highest BCUT2D eigenvalue weighted by Crippen LogP contribution is 2.21. The van der Waals surface area contributed by atoms with Crippen molar-refractivity contribution in [1.82, 2.24) is 9.80 Å². The lowest BCUT2D eigenvalue weighted by molar-refractivity contribution is -0.140. The lowest BCUT2D eigenvalue weighted by Crippen LogP contribution is -2.69. The van der Waals surface area contributed by atoms with Crippen LogP contribution in [0.25, 0.3) is 0 Å². The maximum absolute atomic E-state index is 12.2. The molecule has 0 spiro atoms. The first-order chi connectivity index (χ1) is 7.49. The van der Waals surface area contributed by atoms with Crippen molar-refractivity contribution < 1.29 is 4.79 Å². The van der Waals surface area contributed by atoms with Crippen LogP contribution in [0.4, 0.5) is 0 Å². The van der Waals surface area contributed by atoms with Gasteiger partial charge in [0.2, 0.25) is 5.91 Å². The second kappa shape index (κ2) is 4.34. The monoisotopic (exact) mass is 225 g/mol. The molecule has 2 rings (SSSR count). The van der Waals surface area contributed by atoms with Gasteiger partial charge in [-0.05, 0) is 33.1 Å². The molecule has 0 aromatic rings. The molecule has 2 fully saturated rings. The molecule has 2 N–H and O–H groups in total. The summed E-state index contributed by atoms with van der Waals surface area (Å²) in [4.78, 5) is 16.4. The van der Waals surface area contributed by atoms with E-state index in [0.29, 0.717) is 0 Å². The number of piperidine rings is 1. The average Bonchev–Trinajstić information content (AvgIpc) is 2.25. The summed E-state index contributed by atoms with van der Waals surface area (Å²) in [5, 5.41) is 0. The van der Waals surface area contributed by atoms with Gasteiger partial charge in [-0.2, -0.15) is 0 Å². The third kappa shape index (κ3) is 2.38. The van der Waals surface area contributed by atoms with E-state index in [4.69, 9.17) is 5.73 Å². The second-order valence-corrected chi connectivity index (χ2v) is 5.62. The van der Waals surface area contributed by atoms with Crippen molar-refractivity contribution in [1.29, 1.82) is 0 Å². The van der Waals surface area contributed by atoms with E-state index < -0.39 is 0 Å². The highest BCUT2D eigenvalue weighted by molar-refractivity contribution is 5.81. The van der Waals surface area contributed by atoms with Crippen molar-refractivity contribution in [2.24, 2.45) is 5.73 Å². The van der Waals surface area contributed by atoms with Gasteiger partial charge >= 0.3 is 0 Å². The number of rotatable bonds is 2. The van der Waals surface area contributed by atoms with Gasteiger partial charge < -0.3 is 10.6 Å². The molecule has 2 heterocycles. The zero-order chi connectivity index (χ0) is 11.8. The average molecular weight is 225 g/mol. The SMILES string of the molecule is CC(C(=O)N1CCCCC1)N1CC(C)(N)C1. The smallest absolute Gasteiger partial charge is 0.239 e. The fourth-order valence-corrected chi connectivity index (χ4v) is 2.69. The Balaban J connectivity index is 1.85. The van der Waals surface area contributed by atoms with Crippen molar-refractivity contribution in [2.45, 2.75) is 44.7 Å². The van der Waals surface area contributed by atoms with Gasteiger partial charge in [-0.25, -0.2) is 0 Å². The van der Waals surface area contributed by atoms with Gasteiger partial charge in [0.05, 0.1) is 6.04 Å². The van der Waals surface area contributed by atoms with E-state index in [-0.39, 0.29) is 17.5 Å². The van der Waals surface area contributed by atoms with Crippen LogP contribution in [0.1, 0.15) is 33.1 Å². The zero-order valence-electron chi connectivity index (χ0n) is 10.4. The molecule has 16 heavy (non-hydrogen) atoms. The number of hydrogen-bond acceptors (Lipinski definition) is 3. The predicted molar refractivity (Wildman–Crippen MR) is 64.1 cm³/mol. The highest BCUT2D eigenvalue weighted by Gasteiger charge is 2.40. The Hall–Kier alpha value is -0.610. The third-order valence-electron chi connectivity index (χ3n) is 3.70. The maximum Gasteiger partial charge on any atom is 0.239 e. The van der Waals surface area contributed by atoms with Crippen LogP contribution in [0.2, 0.25) is 0 Å². The van der Waals surface area contributed by atoms with E-state index in [0.717, 1.165) is 39.0 Å². The Morgan fingerprint density at radius 1 is 1.25 bits per heavy atom. The van der Waals surface area contributed by atoms with Crippen LogP contribution < -0.4 is 5.73 Å². The summed E-state index contributed by atoms with van der Waals surface area (Å²) >= 11 is 0. The first-order valence-electron chi connectivity index (χ1n) is 6.31. The summed E-state index contributed by atoms with van der Waals surface area (Å²) in [6.07, 6.45) is 3.59. The molecule has 4 nitrogen and oxygen atoms in total. The predicted octanol–water partition coefficient (Wildman–Crippen LogP) is 0.420. The third-order valence-corrected chi connectivity index (χ3v) is 3.70. The summed E-state index contributed by atoms with van der Waals surface area (Å²) < 4.78 is 0. The number of amides is 1. The van der Waals surface area contributed by atoms with Crippen molar-refractivity contribution in [3.63, 3.8) is 0 Å². The van der Waals surface area contributed by atoms with Crippen molar-refractivity contribution >= 4 is 5.91 Å². The topological polar surface area (TPSA) is 49.6 Å². The molecule has 1 amide bonds. The van der Waals surface area contributed by atoms with Crippen LogP contribution in [-0.2, 0) is 4.79 Å². The number of carbonyl (C=O) groups is 1. The molecule has 0 bridgehead atoms. The van der Waals surface area contributed by atoms with E-state index >= 15 is 0 Å². The quantitative estimate of drug-likeness (QED) is 0.741. The summed E-state index contributed by atoms with van der Waals surface area (Å²) in [5.74, 6) is 0.287. The number of hydrogen-bond donors (Lipinski definition) is 1. The Morgan fingerprint density at radius 3 is 2.31 bits per heavy atom. The van der Waals surface area contributed by atoms with E-state index in [1.807, 2.05) is 18.7 Å². The molecule has 0 aliphatic carbocycles. The number of nitrogens with zero attached hydrogens (tertiary/aromatic N) is 2. The highest BCUT2D eigenvalue weighted by atomic mass is 16.2. The second-order valence-electron chi connectivity index (χ2n) is 5.62. The molecule has 4 heteroatoms.